The number of piperazine rings is 1. The Hall–Kier alpha value is -3.28. The van der Waals surface area contributed by atoms with Crippen LogP contribution in [0.5, 0.6) is 0 Å². The Labute approximate surface area is 203 Å². The zero-order chi connectivity index (χ0) is 23.6. The standard InChI is InChI=1S/C29H34N4O/c1-24(12-13-25-8-4-2-5-9-25)30-31-29(34)28-16-14-27(15-17-28)23-33-20-18-32(19-21-33)22-26-10-6-3-7-11-26/h2-11,14-17H,12-13,18-23H2,1H3,(H,31,34)/b30-24-. The lowest BCUT2D eigenvalue weighted by Gasteiger charge is -2.34. The smallest absolute Gasteiger partial charge is 0.271 e. The van der Waals surface area contributed by atoms with Gasteiger partial charge >= 0.3 is 0 Å². The van der Waals surface area contributed by atoms with Gasteiger partial charge in [-0.2, -0.15) is 5.10 Å². The van der Waals surface area contributed by atoms with Crippen LogP contribution in [0.25, 0.3) is 0 Å². The Morgan fingerprint density at radius 3 is 1.79 bits per heavy atom. The highest BCUT2D eigenvalue weighted by Gasteiger charge is 2.17. The Morgan fingerprint density at radius 1 is 0.735 bits per heavy atom. The van der Waals surface area contributed by atoms with Crippen LogP contribution in [-0.2, 0) is 19.5 Å². The zero-order valence-corrected chi connectivity index (χ0v) is 20.0. The minimum atomic E-state index is -0.167. The van der Waals surface area contributed by atoms with E-state index in [1.807, 2.05) is 37.3 Å². The van der Waals surface area contributed by atoms with Gasteiger partial charge in [-0.1, -0.05) is 72.8 Å². The summed E-state index contributed by atoms with van der Waals surface area (Å²) in [6.45, 7) is 8.17. The topological polar surface area (TPSA) is 47.9 Å². The Kier molecular flexibility index (Phi) is 8.60. The molecule has 1 aliphatic heterocycles. The van der Waals surface area contributed by atoms with Gasteiger partial charge in [-0.25, -0.2) is 5.43 Å². The molecule has 1 saturated heterocycles. The van der Waals surface area contributed by atoms with Gasteiger partial charge in [0.25, 0.3) is 5.91 Å². The Bertz CT molecular complexity index is 1060. The second kappa shape index (κ2) is 12.3. The highest BCUT2D eigenvalue weighted by atomic mass is 16.2. The van der Waals surface area contributed by atoms with E-state index in [0.717, 1.165) is 57.8 Å². The lowest BCUT2D eigenvalue weighted by molar-refractivity contribution is 0.0954. The van der Waals surface area contributed by atoms with Crippen LogP contribution in [0, 0.1) is 0 Å². The van der Waals surface area contributed by atoms with Gasteiger partial charge in [0.15, 0.2) is 0 Å². The molecule has 3 aromatic carbocycles. The van der Waals surface area contributed by atoms with Crippen molar-refractivity contribution in [1.82, 2.24) is 15.2 Å². The fourth-order valence-electron chi connectivity index (χ4n) is 4.20. The minimum absolute atomic E-state index is 0.167. The first-order valence-corrected chi connectivity index (χ1v) is 12.1. The summed E-state index contributed by atoms with van der Waals surface area (Å²) in [4.78, 5) is 17.5. The van der Waals surface area contributed by atoms with E-state index in [4.69, 9.17) is 0 Å². The maximum absolute atomic E-state index is 12.5. The first-order valence-electron chi connectivity index (χ1n) is 12.1. The summed E-state index contributed by atoms with van der Waals surface area (Å²) in [5.41, 5.74) is 8.13. The summed E-state index contributed by atoms with van der Waals surface area (Å²) >= 11 is 0. The van der Waals surface area contributed by atoms with Gasteiger partial charge in [0, 0.05) is 50.5 Å². The molecule has 176 valence electrons. The molecule has 0 unspecified atom stereocenters. The van der Waals surface area contributed by atoms with Crippen LogP contribution in [0.1, 0.15) is 40.4 Å². The first-order chi connectivity index (χ1) is 16.7. The fourth-order valence-corrected chi connectivity index (χ4v) is 4.20. The molecule has 4 rings (SSSR count). The molecule has 34 heavy (non-hydrogen) atoms. The van der Waals surface area contributed by atoms with E-state index >= 15 is 0 Å². The average Bonchev–Trinajstić information content (AvgIpc) is 2.89. The normalized spacial score (nSPS) is 15.3. The molecule has 0 spiro atoms. The van der Waals surface area contributed by atoms with Crippen LogP contribution in [0.15, 0.2) is 90.0 Å². The highest BCUT2D eigenvalue weighted by Crippen LogP contribution is 2.13. The number of hydrazone groups is 1. The molecule has 0 bridgehead atoms. The largest absolute Gasteiger partial charge is 0.297 e. The predicted molar refractivity (Wildman–Crippen MR) is 139 cm³/mol. The van der Waals surface area contributed by atoms with E-state index in [1.54, 1.807) is 0 Å². The number of benzene rings is 3. The quantitative estimate of drug-likeness (QED) is 0.375. The summed E-state index contributed by atoms with van der Waals surface area (Å²) in [7, 11) is 0. The average molecular weight is 455 g/mol. The maximum atomic E-state index is 12.5. The fraction of sp³-hybridized carbons (Fsp3) is 0.310. The molecule has 1 amide bonds. The second-order valence-corrected chi connectivity index (χ2v) is 9.01. The van der Waals surface area contributed by atoms with Gasteiger partial charge in [0.05, 0.1) is 0 Å². The molecular formula is C29H34N4O. The van der Waals surface area contributed by atoms with E-state index in [-0.39, 0.29) is 5.91 Å². The molecule has 3 aromatic rings. The van der Waals surface area contributed by atoms with Crippen molar-refractivity contribution in [2.75, 3.05) is 26.2 Å². The molecule has 0 saturated carbocycles. The molecule has 0 atom stereocenters. The molecule has 5 nitrogen and oxygen atoms in total. The van der Waals surface area contributed by atoms with Crippen LogP contribution in [0.3, 0.4) is 0 Å². The van der Waals surface area contributed by atoms with Crippen LogP contribution in [0.4, 0.5) is 0 Å². The summed E-state index contributed by atoms with van der Waals surface area (Å²) < 4.78 is 0. The van der Waals surface area contributed by atoms with Gasteiger partial charge in [-0.3, -0.25) is 14.6 Å². The second-order valence-electron chi connectivity index (χ2n) is 9.01. The molecule has 1 N–H and O–H groups in total. The van der Waals surface area contributed by atoms with Gasteiger partial charge in [0.1, 0.15) is 0 Å². The lowest BCUT2D eigenvalue weighted by atomic mass is 10.1. The highest BCUT2D eigenvalue weighted by molar-refractivity contribution is 5.95. The first kappa shape index (κ1) is 23.9. The number of carbonyl (C=O) groups is 1. The molecule has 0 aliphatic carbocycles. The van der Waals surface area contributed by atoms with Crippen molar-refractivity contribution in [2.24, 2.45) is 5.10 Å². The molecule has 0 radical (unpaired) electrons. The molecule has 1 fully saturated rings. The van der Waals surface area contributed by atoms with Gasteiger partial charge in [-0.15, -0.1) is 0 Å². The van der Waals surface area contributed by atoms with E-state index in [9.17, 15) is 4.79 Å². The Balaban J connectivity index is 1.19. The summed E-state index contributed by atoms with van der Waals surface area (Å²) in [5, 5.41) is 4.27. The van der Waals surface area contributed by atoms with Crippen molar-refractivity contribution in [3.8, 4) is 0 Å². The summed E-state index contributed by atoms with van der Waals surface area (Å²) in [6, 6.07) is 28.9. The number of rotatable bonds is 9. The van der Waals surface area contributed by atoms with Crippen LogP contribution in [-0.4, -0.2) is 47.6 Å². The molecule has 5 heteroatoms. The monoisotopic (exact) mass is 454 g/mol. The zero-order valence-electron chi connectivity index (χ0n) is 20.0. The van der Waals surface area contributed by atoms with Crippen molar-refractivity contribution in [2.45, 2.75) is 32.9 Å². The van der Waals surface area contributed by atoms with Gasteiger partial charge < -0.3 is 0 Å². The van der Waals surface area contributed by atoms with Crippen molar-refractivity contribution in [3.63, 3.8) is 0 Å². The van der Waals surface area contributed by atoms with E-state index in [0.29, 0.717) is 5.56 Å². The maximum Gasteiger partial charge on any atom is 0.271 e. The van der Waals surface area contributed by atoms with Crippen LogP contribution >= 0.6 is 0 Å². The van der Waals surface area contributed by atoms with E-state index in [2.05, 4.69) is 74.9 Å². The van der Waals surface area contributed by atoms with Gasteiger partial charge in [0.2, 0.25) is 0 Å². The molecule has 0 aromatic heterocycles. The van der Waals surface area contributed by atoms with E-state index in [1.165, 1.54) is 16.7 Å². The number of aryl methyl sites for hydroxylation is 1. The third-order valence-electron chi connectivity index (χ3n) is 6.30. The summed E-state index contributed by atoms with van der Waals surface area (Å²) in [6.07, 6.45) is 1.74. The Morgan fingerprint density at radius 2 is 1.24 bits per heavy atom. The van der Waals surface area contributed by atoms with Crippen molar-refractivity contribution in [1.29, 1.82) is 0 Å². The molecular weight excluding hydrogens is 420 g/mol. The van der Waals surface area contributed by atoms with Crippen LogP contribution in [0.2, 0.25) is 0 Å². The number of nitrogens with zero attached hydrogens (tertiary/aromatic N) is 3. The molecule has 1 aliphatic rings. The predicted octanol–water partition coefficient (Wildman–Crippen LogP) is 4.74. The third-order valence-corrected chi connectivity index (χ3v) is 6.30. The van der Waals surface area contributed by atoms with Crippen molar-refractivity contribution in [3.05, 3.63) is 107 Å². The SMILES string of the molecule is C/C(CCc1ccccc1)=N/NC(=O)c1ccc(CN2CCN(Cc3ccccc3)CC2)cc1. The third kappa shape index (κ3) is 7.37. The number of hydrogen-bond acceptors (Lipinski definition) is 4. The number of nitrogens with one attached hydrogen (secondary N) is 1. The lowest BCUT2D eigenvalue weighted by Crippen LogP contribution is -2.45. The minimum Gasteiger partial charge on any atom is -0.297 e. The van der Waals surface area contributed by atoms with E-state index < -0.39 is 0 Å². The van der Waals surface area contributed by atoms with Gasteiger partial charge in [-0.05, 0) is 48.6 Å². The van der Waals surface area contributed by atoms with Crippen LogP contribution < -0.4 is 5.43 Å². The summed E-state index contributed by atoms with van der Waals surface area (Å²) in [5.74, 6) is -0.167. The molecule has 1 heterocycles. The van der Waals surface area contributed by atoms with Crippen molar-refractivity contribution < 1.29 is 4.79 Å². The number of carbonyl (C=O) groups excluding carboxylic acids is 1. The number of amides is 1. The van der Waals surface area contributed by atoms with Crippen molar-refractivity contribution >= 4 is 11.6 Å². The number of hydrogen-bond donors (Lipinski definition) is 1.